The summed E-state index contributed by atoms with van der Waals surface area (Å²) in [7, 11) is -0.243. The molecule has 0 atom stereocenters. The summed E-state index contributed by atoms with van der Waals surface area (Å²) >= 11 is 0.973. The number of rotatable bonds is 6. The number of hydrogen-bond acceptors (Lipinski definition) is 5. The molecule has 0 N–H and O–H groups in total. The lowest BCUT2D eigenvalue weighted by atomic mass is 10.2. The van der Waals surface area contributed by atoms with Gasteiger partial charge in [0.05, 0.1) is 9.80 Å². The van der Waals surface area contributed by atoms with E-state index in [0.717, 1.165) is 47.3 Å². The van der Waals surface area contributed by atoms with Crippen molar-refractivity contribution in [3.05, 3.63) is 77.5 Å². The summed E-state index contributed by atoms with van der Waals surface area (Å²) in [4.78, 5) is 16.2. The van der Waals surface area contributed by atoms with Gasteiger partial charge in [0.2, 0.25) is 0 Å². The van der Waals surface area contributed by atoms with Crippen LogP contribution in [0.5, 0.6) is 0 Å². The SMILES string of the molecule is C=CCN1C(=O)/C(=C/c2ccc(N(C)C)cc2)S/C1=N/S(=O)(=O)c1ccc(F)cc1. The zero-order valence-corrected chi connectivity index (χ0v) is 18.1. The van der Waals surface area contributed by atoms with E-state index in [1.807, 2.05) is 43.3 Å². The Morgan fingerprint density at radius 1 is 1.13 bits per heavy atom. The van der Waals surface area contributed by atoms with Gasteiger partial charge in [0.25, 0.3) is 15.9 Å². The van der Waals surface area contributed by atoms with Gasteiger partial charge in [0.15, 0.2) is 5.17 Å². The number of nitrogens with zero attached hydrogens (tertiary/aromatic N) is 3. The fraction of sp³-hybridized carbons (Fsp3) is 0.143. The molecule has 0 aromatic heterocycles. The van der Waals surface area contributed by atoms with Gasteiger partial charge in [-0.1, -0.05) is 18.2 Å². The first-order valence-electron chi connectivity index (χ1n) is 8.91. The molecule has 0 bridgehead atoms. The number of thioether (sulfide) groups is 1. The highest BCUT2D eigenvalue weighted by Gasteiger charge is 2.34. The summed E-state index contributed by atoms with van der Waals surface area (Å²) in [6.07, 6.45) is 3.18. The number of amides is 1. The van der Waals surface area contributed by atoms with E-state index in [-0.39, 0.29) is 22.5 Å². The van der Waals surface area contributed by atoms with Crippen LogP contribution < -0.4 is 4.90 Å². The molecule has 3 rings (SSSR count). The van der Waals surface area contributed by atoms with Gasteiger partial charge in [-0.25, -0.2) is 4.39 Å². The van der Waals surface area contributed by atoms with Crippen LogP contribution in [0.2, 0.25) is 0 Å². The van der Waals surface area contributed by atoms with Crippen molar-refractivity contribution in [3.63, 3.8) is 0 Å². The predicted octanol–water partition coefficient (Wildman–Crippen LogP) is 3.74. The third-order valence-corrected chi connectivity index (χ3v) is 6.62. The smallest absolute Gasteiger partial charge is 0.284 e. The summed E-state index contributed by atoms with van der Waals surface area (Å²) < 4.78 is 42.2. The van der Waals surface area contributed by atoms with Crippen LogP contribution in [0, 0.1) is 5.82 Å². The fourth-order valence-electron chi connectivity index (χ4n) is 2.65. The van der Waals surface area contributed by atoms with Crippen molar-refractivity contribution in [1.82, 2.24) is 4.90 Å². The second kappa shape index (κ2) is 8.85. The molecule has 9 heteroatoms. The van der Waals surface area contributed by atoms with Gasteiger partial charge in [-0.15, -0.1) is 11.0 Å². The van der Waals surface area contributed by atoms with Crippen molar-refractivity contribution in [2.24, 2.45) is 4.40 Å². The van der Waals surface area contributed by atoms with Gasteiger partial charge in [0, 0.05) is 26.3 Å². The molecule has 2 aromatic rings. The van der Waals surface area contributed by atoms with Crippen LogP contribution in [0.1, 0.15) is 5.56 Å². The van der Waals surface area contributed by atoms with Gasteiger partial charge >= 0.3 is 0 Å². The van der Waals surface area contributed by atoms with Crippen LogP contribution in [0.25, 0.3) is 6.08 Å². The second-order valence-corrected chi connectivity index (χ2v) is 9.22. The number of halogens is 1. The molecule has 0 unspecified atom stereocenters. The molecule has 1 amide bonds. The Labute approximate surface area is 179 Å². The van der Waals surface area contributed by atoms with Crippen LogP contribution in [0.4, 0.5) is 10.1 Å². The van der Waals surface area contributed by atoms with Crippen molar-refractivity contribution in [2.45, 2.75) is 4.90 Å². The molecule has 6 nitrogen and oxygen atoms in total. The maximum Gasteiger partial charge on any atom is 0.284 e. The lowest BCUT2D eigenvalue weighted by molar-refractivity contribution is -0.121. The normalized spacial score (nSPS) is 17.0. The molecule has 1 heterocycles. The molecular weight excluding hydrogens is 425 g/mol. The zero-order valence-electron chi connectivity index (χ0n) is 16.4. The summed E-state index contributed by atoms with van der Waals surface area (Å²) in [5, 5.41) is 0.0281. The van der Waals surface area contributed by atoms with Crippen LogP contribution in [-0.4, -0.2) is 45.0 Å². The molecule has 156 valence electrons. The molecule has 0 saturated carbocycles. The van der Waals surface area contributed by atoms with Crippen molar-refractivity contribution in [3.8, 4) is 0 Å². The third-order valence-electron chi connectivity index (χ3n) is 4.22. The molecule has 0 spiro atoms. The van der Waals surface area contributed by atoms with E-state index < -0.39 is 15.8 Å². The van der Waals surface area contributed by atoms with Gasteiger partial charge in [-0.05, 0) is 59.8 Å². The van der Waals surface area contributed by atoms with E-state index in [2.05, 4.69) is 11.0 Å². The number of hydrogen-bond donors (Lipinski definition) is 0. The third kappa shape index (κ3) is 4.80. The molecule has 0 aliphatic carbocycles. The quantitative estimate of drug-likeness (QED) is 0.501. The Kier molecular flexibility index (Phi) is 6.42. The topological polar surface area (TPSA) is 70.1 Å². The van der Waals surface area contributed by atoms with E-state index in [1.54, 1.807) is 6.08 Å². The highest BCUT2D eigenvalue weighted by atomic mass is 32.2. The molecule has 30 heavy (non-hydrogen) atoms. The molecule has 1 fully saturated rings. The maximum absolute atomic E-state index is 13.1. The predicted molar refractivity (Wildman–Crippen MR) is 119 cm³/mol. The van der Waals surface area contributed by atoms with E-state index in [0.29, 0.717) is 4.91 Å². The molecule has 1 saturated heterocycles. The highest BCUT2D eigenvalue weighted by Crippen LogP contribution is 2.34. The van der Waals surface area contributed by atoms with Crippen molar-refractivity contribution >= 4 is 44.6 Å². The van der Waals surface area contributed by atoms with Crippen LogP contribution >= 0.6 is 11.8 Å². The first-order chi connectivity index (χ1) is 14.2. The minimum atomic E-state index is -4.11. The van der Waals surface area contributed by atoms with Gasteiger partial charge in [-0.3, -0.25) is 9.69 Å². The number of sulfonamides is 1. The van der Waals surface area contributed by atoms with Gasteiger partial charge in [0.1, 0.15) is 5.82 Å². The Hall–Kier alpha value is -2.91. The van der Waals surface area contributed by atoms with E-state index in [1.165, 1.54) is 11.0 Å². The first-order valence-corrected chi connectivity index (χ1v) is 11.2. The summed E-state index contributed by atoms with van der Waals surface area (Å²) in [6, 6.07) is 12.0. The summed E-state index contributed by atoms with van der Waals surface area (Å²) in [5.41, 5.74) is 1.82. The lowest BCUT2D eigenvalue weighted by Crippen LogP contribution is -2.29. The largest absolute Gasteiger partial charge is 0.378 e. The van der Waals surface area contributed by atoms with Crippen LogP contribution in [0.15, 0.2) is 75.4 Å². The van der Waals surface area contributed by atoms with Crippen LogP contribution in [0.3, 0.4) is 0 Å². The Morgan fingerprint density at radius 2 is 1.77 bits per heavy atom. The first kappa shape index (κ1) is 21.8. The molecule has 1 aliphatic rings. The van der Waals surface area contributed by atoms with Crippen molar-refractivity contribution < 1.29 is 17.6 Å². The Morgan fingerprint density at radius 3 is 2.33 bits per heavy atom. The van der Waals surface area contributed by atoms with Gasteiger partial charge < -0.3 is 4.90 Å². The number of anilines is 1. The molecule has 0 radical (unpaired) electrons. The van der Waals surface area contributed by atoms with Gasteiger partial charge in [-0.2, -0.15) is 8.42 Å². The van der Waals surface area contributed by atoms with Crippen LogP contribution in [-0.2, 0) is 14.8 Å². The summed E-state index contributed by atoms with van der Waals surface area (Å²) in [6.45, 7) is 3.73. The number of carbonyl (C=O) groups excluding carboxylic acids is 1. The van der Waals surface area contributed by atoms with Crippen molar-refractivity contribution in [1.29, 1.82) is 0 Å². The number of carbonyl (C=O) groups is 1. The monoisotopic (exact) mass is 445 g/mol. The number of benzene rings is 2. The Bertz CT molecular complexity index is 1120. The van der Waals surface area contributed by atoms with E-state index in [9.17, 15) is 17.6 Å². The molecular formula is C21H20FN3O3S2. The van der Waals surface area contributed by atoms with E-state index >= 15 is 0 Å². The van der Waals surface area contributed by atoms with E-state index in [4.69, 9.17) is 0 Å². The summed E-state index contributed by atoms with van der Waals surface area (Å²) in [5.74, 6) is -0.907. The number of amidine groups is 1. The lowest BCUT2D eigenvalue weighted by Gasteiger charge is -2.12. The van der Waals surface area contributed by atoms with Crippen molar-refractivity contribution in [2.75, 3.05) is 25.5 Å². The highest BCUT2D eigenvalue weighted by molar-refractivity contribution is 8.19. The minimum absolute atomic E-state index is 0.0281. The minimum Gasteiger partial charge on any atom is -0.378 e. The fourth-order valence-corrected chi connectivity index (χ4v) is 4.84. The molecule has 2 aromatic carbocycles. The molecule has 1 aliphatic heterocycles. The average Bonchev–Trinajstić information content (AvgIpc) is 2.97. The Balaban J connectivity index is 1.95. The second-order valence-electron chi connectivity index (χ2n) is 6.60. The standard InChI is InChI=1S/C21H20FN3O3S2/c1-4-13-25-20(26)19(14-15-5-9-17(10-6-15)24(2)3)29-21(25)23-30(27,28)18-11-7-16(22)8-12-18/h4-12,14H,1,13H2,2-3H3/b19-14-,23-21+. The average molecular weight is 446 g/mol. The zero-order chi connectivity index (χ0) is 21.9. The maximum atomic E-state index is 13.1.